The first-order valence-corrected chi connectivity index (χ1v) is 7.42. The van der Waals surface area contributed by atoms with Gasteiger partial charge in [-0.05, 0) is 31.5 Å². The van der Waals surface area contributed by atoms with E-state index in [4.69, 9.17) is 4.74 Å². The van der Waals surface area contributed by atoms with Crippen molar-refractivity contribution < 1.29 is 14.3 Å². The molecule has 21 heavy (non-hydrogen) atoms. The predicted molar refractivity (Wildman–Crippen MR) is 82.4 cm³/mol. The molecule has 0 aliphatic heterocycles. The standard InChI is InChI=1S/C16H17NO3S/c1-11-4-3-5-13(8-11)9-17-15(18)10-20-16(19)14-7-6-12(2)21-14/h3-8H,9-10H2,1-2H3,(H,17,18). The Bertz CT molecular complexity index is 648. The highest BCUT2D eigenvalue weighted by molar-refractivity contribution is 7.13. The molecule has 0 bridgehead atoms. The van der Waals surface area contributed by atoms with Crippen LogP contribution in [0.5, 0.6) is 0 Å². The summed E-state index contributed by atoms with van der Waals surface area (Å²) in [7, 11) is 0. The van der Waals surface area contributed by atoms with Gasteiger partial charge >= 0.3 is 5.97 Å². The highest BCUT2D eigenvalue weighted by atomic mass is 32.1. The van der Waals surface area contributed by atoms with Gasteiger partial charge in [0.1, 0.15) is 4.88 Å². The van der Waals surface area contributed by atoms with E-state index >= 15 is 0 Å². The van der Waals surface area contributed by atoms with Crippen molar-refractivity contribution in [1.29, 1.82) is 0 Å². The van der Waals surface area contributed by atoms with Gasteiger partial charge in [-0.3, -0.25) is 4.79 Å². The molecule has 0 aliphatic carbocycles. The van der Waals surface area contributed by atoms with Crippen molar-refractivity contribution in [2.75, 3.05) is 6.61 Å². The molecule has 0 saturated carbocycles. The third-order valence-electron chi connectivity index (χ3n) is 2.85. The number of benzene rings is 1. The molecule has 1 N–H and O–H groups in total. The number of thiophene rings is 1. The third kappa shape index (κ3) is 4.72. The molecule has 1 heterocycles. The summed E-state index contributed by atoms with van der Waals surface area (Å²) < 4.78 is 4.97. The minimum atomic E-state index is -0.459. The lowest BCUT2D eigenvalue weighted by atomic mass is 10.1. The summed E-state index contributed by atoms with van der Waals surface area (Å²) in [5.74, 6) is -0.767. The van der Waals surface area contributed by atoms with Crippen LogP contribution in [0.2, 0.25) is 0 Å². The lowest BCUT2D eigenvalue weighted by Gasteiger charge is -2.06. The van der Waals surface area contributed by atoms with Gasteiger partial charge in [-0.2, -0.15) is 0 Å². The Morgan fingerprint density at radius 3 is 2.67 bits per heavy atom. The van der Waals surface area contributed by atoms with Crippen molar-refractivity contribution >= 4 is 23.2 Å². The van der Waals surface area contributed by atoms with Gasteiger partial charge in [0.25, 0.3) is 5.91 Å². The Hall–Kier alpha value is -2.14. The minimum Gasteiger partial charge on any atom is -0.451 e. The Balaban J connectivity index is 1.76. The van der Waals surface area contributed by atoms with Crippen LogP contribution in [0, 0.1) is 13.8 Å². The molecule has 0 radical (unpaired) electrons. The Morgan fingerprint density at radius 1 is 1.19 bits per heavy atom. The summed E-state index contributed by atoms with van der Waals surface area (Å²) in [6, 6.07) is 11.4. The number of hydrogen-bond acceptors (Lipinski definition) is 4. The maximum absolute atomic E-state index is 11.7. The van der Waals surface area contributed by atoms with Crippen LogP contribution in [0.25, 0.3) is 0 Å². The highest BCUT2D eigenvalue weighted by Crippen LogP contribution is 2.15. The van der Waals surface area contributed by atoms with Crippen molar-refractivity contribution in [3.05, 3.63) is 57.3 Å². The minimum absolute atomic E-state index is 0.262. The maximum atomic E-state index is 11.7. The van der Waals surface area contributed by atoms with E-state index in [-0.39, 0.29) is 12.5 Å². The summed E-state index contributed by atoms with van der Waals surface area (Å²) in [5, 5.41) is 2.73. The molecule has 1 amide bonds. The summed E-state index contributed by atoms with van der Waals surface area (Å²) in [6.45, 7) is 4.07. The first kappa shape index (κ1) is 15.3. The number of aryl methyl sites for hydroxylation is 2. The first-order valence-electron chi connectivity index (χ1n) is 6.60. The average Bonchev–Trinajstić information content (AvgIpc) is 2.89. The third-order valence-corrected chi connectivity index (χ3v) is 3.83. The first-order chi connectivity index (χ1) is 10.0. The molecule has 110 valence electrons. The molecule has 0 atom stereocenters. The SMILES string of the molecule is Cc1cccc(CNC(=O)COC(=O)c2ccc(C)s2)c1. The van der Waals surface area contributed by atoms with Gasteiger partial charge in [-0.25, -0.2) is 4.79 Å². The number of hydrogen-bond donors (Lipinski definition) is 1. The fraction of sp³-hybridized carbons (Fsp3) is 0.250. The normalized spacial score (nSPS) is 10.2. The second-order valence-corrected chi connectivity index (χ2v) is 6.04. The molecule has 0 fully saturated rings. The van der Waals surface area contributed by atoms with E-state index < -0.39 is 5.97 Å². The number of carbonyl (C=O) groups excluding carboxylic acids is 2. The van der Waals surface area contributed by atoms with Crippen LogP contribution in [-0.2, 0) is 16.1 Å². The number of amides is 1. The Labute approximate surface area is 127 Å². The van der Waals surface area contributed by atoms with Gasteiger partial charge in [-0.15, -0.1) is 11.3 Å². The molecule has 4 nitrogen and oxygen atoms in total. The number of esters is 1. The Kier molecular flexibility index (Phi) is 5.11. The molecule has 5 heteroatoms. The van der Waals surface area contributed by atoms with Gasteiger partial charge in [0.05, 0.1) is 0 Å². The molecule has 1 aromatic carbocycles. The molecule has 0 unspecified atom stereocenters. The maximum Gasteiger partial charge on any atom is 0.348 e. The number of nitrogens with one attached hydrogen (secondary N) is 1. The molecule has 2 aromatic rings. The zero-order valence-corrected chi connectivity index (χ0v) is 12.8. The van der Waals surface area contributed by atoms with Crippen molar-refractivity contribution in [2.45, 2.75) is 20.4 Å². The molecule has 2 rings (SSSR count). The van der Waals surface area contributed by atoms with Crippen molar-refractivity contribution in [1.82, 2.24) is 5.32 Å². The zero-order valence-electron chi connectivity index (χ0n) is 12.0. The van der Waals surface area contributed by atoms with Crippen LogP contribution in [0.4, 0.5) is 0 Å². The second-order valence-electron chi connectivity index (χ2n) is 4.75. The number of rotatable bonds is 5. The van der Waals surface area contributed by atoms with E-state index in [0.717, 1.165) is 16.0 Å². The van der Waals surface area contributed by atoms with E-state index in [1.165, 1.54) is 11.3 Å². The van der Waals surface area contributed by atoms with E-state index in [1.54, 1.807) is 6.07 Å². The quantitative estimate of drug-likeness (QED) is 0.864. The van der Waals surface area contributed by atoms with Gasteiger partial charge < -0.3 is 10.1 Å². The topological polar surface area (TPSA) is 55.4 Å². The highest BCUT2D eigenvalue weighted by Gasteiger charge is 2.11. The van der Waals surface area contributed by atoms with E-state index in [2.05, 4.69) is 5.32 Å². The molecule has 1 aromatic heterocycles. The molecular weight excluding hydrogens is 286 g/mol. The fourth-order valence-electron chi connectivity index (χ4n) is 1.82. The van der Waals surface area contributed by atoms with E-state index in [9.17, 15) is 9.59 Å². The van der Waals surface area contributed by atoms with Crippen LogP contribution < -0.4 is 5.32 Å². The number of carbonyl (C=O) groups is 2. The summed E-state index contributed by atoms with van der Waals surface area (Å²) >= 11 is 1.35. The van der Waals surface area contributed by atoms with E-state index in [0.29, 0.717) is 11.4 Å². The van der Waals surface area contributed by atoms with Crippen LogP contribution in [0.15, 0.2) is 36.4 Å². The van der Waals surface area contributed by atoms with Gasteiger partial charge in [0.2, 0.25) is 0 Å². The van der Waals surface area contributed by atoms with Crippen LogP contribution in [0.3, 0.4) is 0 Å². The zero-order chi connectivity index (χ0) is 15.2. The van der Waals surface area contributed by atoms with Gasteiger partial charge in [0.15, 0.2) is 6.61 Å². The number of ether oxygens (including phenoxy) is 1. The van der Waals surface area contributed by atoms with Crippen molar-refractivity contribution in [3.8, 4) is 0 Å². The van der Waals surface area contributed by atoms with Crippen LogP contribution >= 0.6 is 11.3 Å². The van der Waals surface area contributed by atoms with Crippen LogP contribution in [-0.4, -0.2) is 18.5 Å². The van der Waals surface area contributed by atoms with Gasteiger partial charge in [-0.1, -0.05) is 29.8 Å². The summed E-state index contributed by atoms with van der Waals surface area (Å²) in [6.07, 6.45) is 0. The lowest BCUT2D eigenvalue weighted by Crippen LogP contribution is -2.28. The Morgan fingerprint density at radius 2 is 2.00 bits per heavy atom. The molecular formula is C16H17NO3S. The molecule has 0 spiro atoms. The average molecular weight is 303 g/mol. The fourth-order valence-corrected chi connectivity index (χ4v) is 2.58. The largest absolute Gasteiger partial charge is 0.451 e. The van der Waals surface area contributed by atoms with Crippen molar-refractivity contribution in [2.24, 2.45) is 0 Å². The van der Waals surface area contributed by atoms with Crippen molar-refractivity contribution in [3.63, 3.8) is 0 Å². The molecule has 0 aliphatic rings. The monoisotopic (exact) mass is 303 g/mol. The van der Waals surface area contributed by atoms with Gasteiger partial charge in [0, 0.05) is 11.4 Å². The smallest absolute Gasteiger partial charge is 0.348 e. The second kappa shape index (κ2) is 7.04. The predicted octanol–water partition coefficient (Wildman–Crippen LogP) is 2.84. The summed E-state index contributed by atoms with van der Waals surface area (Å²) in [4.78, 5) is 24.9. The van der Waals surface area contributed by atoms with Crippen LogP contribution in [0.1, 0.15) is 25.7 Å². The summed E-state index contributed by atoms with van der Waals surface area (Å²) in [5.41, 5.74) is 2.16. The van der Waals surface area contributed by atoms with E-state index in [1.807, 2.05) is 44.2 Å². The lowest BCUT2D eigenvalue weighted by molar-refractivity contribution is -0.124. The molecule has 0 saturated heterocycles.